The van der Waals surface area contributed by atoms with Gasteiger partial charge < -0.3 is 14.9 Å². The molecular weight excluding hydrogens is 334 g/mol. The Labute approximate surface area is 140 Å². The molecule has 8 heteroatoms. The molecule has 0 aliphatic carbocycles. The van der Waals surface area contributed by atoms with Gasteiger partial charge in [0.25, 0.3) is 0 Å². The molecule has 0 radical (unpaired) electrons. The fourth-order valence-electron chi connectivity index (χ4n) is 2.25. The first-order chi connectivity index (χ1) is 12.0. The molecular formula is C17H12F2N2O4. The largest absolute Gasteiger partial charge is 0.508 e. The molecule has 0 aliphatic rings. The molecule has 1 heterocycles. The van der Waals surface area contributed by atoms with E-state index >= 15 is 0 Å². The van der Waals surface area contributed by atoms with Gasteiger partial charge in [-0.1, -0.05) is 0 Å². The van der Waals surface area contributed by atoms with Crippen LogP contribution in [0.5, 0.6) is 11.6 Å². The van der Waals surface area contributed by atoms with Crippen LogP contribution in [0.15, 0.2) is 36.5 Å². The van der Waals surface area contributed by atoms with Crippen molar-refractivity contribution in [3.05, 3.63) is 59.3 Å². The number of aromatic nitrogens is 2. The Hall–Kier alpha value is -3.13. The number of aromatic hydroxyl groups is 1. The molecule has 128 valence electrons. The van der Waals surface area contributed by atoms with Gasteiger partial charge in [0, 0.05) is 11.6 Å². The van der Waals surface area contributed by atoms with Gasteiger partial charge in [0.1, 0.15) is 12.4 Å². The molecule has 1 aromatic heterocycles. The number of rotatable bonds is 5. The predicted molar refractivity (Wildman–Crippen MR) is 83.6 cm³/mol. The van der Waals surface area contributed by atoms with Gasteiger partial charge in [0.15, 0.2) is 17.4 Å². The molecule has 0 bridgehead atoms. The van der Waals surface area contributed by atoms with E-state index in [1.807, 2.05) is 0 Å². The van der Waals surface area contributed by atoms with Crippen LogP contribution in [0.2, 0.25) is 0 Å². The average Bonchev–Trinajstić information content (AvgIpc) is 2.61. The Kier molecular flexibility index (Phi) is 4.53. The number of ketones is 1. The van der Waals surface area contributed by atoms with E-state index < -0.39 is 28.7 Å². The van der Waals surface area contributed by atoms with Gasteiger partial charge in [-0.3, -0.25) is 4.79 Å². The van der Waals surface area contributed by atoms with E-state index in [-0.39, 0.29) is 24.7 Å². The van der Waals surface area contributed by atoms with Crippen molar-refractivity contribution in [1.82, 2.24) is 9.97 Å². The third-order valence-corrected chi connectivity index (χ3v) is 3.38. The maximum atomic E-state index is 13.9. The van der Waals surface area contributed by atoms with Gasteiger partial charge in [0.05, 0.1) is 29.4 Å². The minimum atomic E-state index is -1.34. The summed E-state index contributed by atoms with van der Waals surface area (Å²) < 4.78 is 32.4. The Balaban J connectivity index is 2.02. The van der Waals surface area contributed by atoms with Gasteiger partial charge in [-0.05, 0) is 24.3 Å². The number of carbonyl (C=O) groups excluding carboxylic acids is 1. The van der Waals surface area contributed by atoms with Gasteiger partial charge in [-0.15, -0.1) is 0 Å². The van der Waals surface area contributed by atoms with Gasteiger partial charge in [0.2, 0.25) is 5.88 Å². The topological polar surface area (TPSA) is 92.5 Å². The van der Waals surface area contributed by atoms with Crippen molar-refractivity contribution in [3.8, 4) is 11.6 Å². The highest BCUT2D eigenvalue weighted by atomic mass is 19.2. The summed E-state index contributed by atoms with van der Waals surface area (Å²) in [6.45, 7) is -0.160. The molecule has 0 saturated carbocycles. The van der Waals surface area contributed by atoms with Gasteiger partial charge in [-0.2, -0.15) is 0 Å². The van der Waals surface area contributed by atoms with E-state index in [4.69, 9.17) is 9.84 Å². The van der Waals surface area contributed by atoms with Crippen molar-refractivity contribution >= 4 is 16.8 Å². The third-order valence-electron chi connectivity index (χ3n) is 3.38. The number of aliphatic hydroxyl groups is 1. The summed E-state index contributed by atoms with van der Waals surface area (Å²) in [4.78, 5) is 20.7. The quantitative estimate of drug-likeness (QED) is 0.688. The summed E-state index contributed by atoms with van der Waals surface area (Å²) in [5, 5.41) is 18.1. The Bertz CT molecular complexity index is 963. The van der Waals surface area contributed by atoms with Gasteiger partial charge in [-0.25, -0.2) is 18.7 Å². The molecule has 0 aliphatic heterocycles. The molecule has 3 aromatic rings. The van der Waals surface area contributed by atoms with Crippen LogP contribution in [0, 0.1) is 11.6 Å². The molecule has 0 unspecified atom stereocenters. The van der Waals surface area contributed by atoms with Crippen LogP contribution in [0.3, 0.4) is 0 Å². The summed E-state index contributed by atoms with van der Waals surface area (Å²) in [7, 11) is 0. The highest BCUT2D eigenvalue weighted by molar-refractivity contribution is 6.10. The summed E-state index contributed by atoms with van der Waals surface area (Å²) in [6, 6.07) is 5.70. The normalized spacial score (nSPS) is 10.8. The molecule has 6 nitrogen and oxygen atoms in total. The zero-order valence-corrected chi connectivity index (χ0v) is 12.7. The third kappa shape index (κ3) is 3.38. The van der Waals surface area contributed by atoms with E-state index in [1.165, 1.54) is 24.4 Å². The number of hydrogen-bond acceptors (Lipinski definition) is 6. The summed E-state index contributed by atoms with van der Waals surface area (Å²) in [6.07, 6.45) is 1.36. The first-order valence-corrected chi connectivity index (χ1v) is 7.23. The minimum absolute atomic E-state index is 0.0343. The van der Waals surface area contributed by atoms with Crippen molar-refractivity contribution in [3.63, 3.8) is 0 Å². The first-order valence-electron chi connectivity index (χ1n) is 7.23. The Morgan fingerprint density at radius 3 is 2.72 bits per heavy atom. The number of hydrogen-bond donors (Lipinski definition) is 2. The molecule has 25 heavy (non-hydrogen) atoms. The van der Waals surface area contributed by atoms with E-state index in [1.54, 1.807) is 0 Å². The lowest BCUT2D eigenvalue weighted by molar-refractivity contribution is 0.103. The molecule has 0 atom stereocenters. The van der Waals surface area contributed by atoms with Crippen LogP contribution in [0.25, 0.3) is 11.0 Å². The lowest BCUT2D eigenvalue weighted by atomic mass is 10.0. The smallest absolute Gasteiger partial charge is 0.232 e. The maximum absolute atomic E-state index is 13.9. The number of aliphatic hydroxyl groups excluding tert-OH is 1. The number of carbonyl (C=O) groups is 1. The van der Waals surface area contributed by atoms with E-state index in [2.05, 4.69) is 9.97 Å². The first kappa shape index (κ1) is 16.7. The predicted octanol–water partition coefficient (Wildman–Crippen LogP) is 2.22. The monoisotopic (exact) mass is 346 g/mol. The second-order valence-corrected chi connectivity index (χ2v) is 5.10. The van der Waals surface area contributed by atoms with E-state index in [9.17, 15) is 18.7 Å². The van der Waals surface area contributed by atoms with Crippen molar-refractivity contribution in [2.24, 2.45) is 0 Å². The number of nitrogens with zero attached hydrogens (tertiary/aromatic N) is 2. The molecule has 0 amide bonds. The number of benzene rings is 2. The number of phenolic OH excluding ortho intramolecular Hbond substituents is 1. The SMILES string of the molecule is O=C(c1ccc2ncc(OCCO)nc2c1)c1cc(O)cc(F)c1F. The second-order valence-electron chi connectivity index (χ2n) is 5.10. The Morgan fingerprint density at radius 1 is 1.16 bits per heavy atom. The molecule has 0 saturated heterocycles. The molecule has 2 N–H and O–H groups in total. The zero-order valence-electron chi connectivity index (χ0n) is 12.7. The molecule has 0 spiro atoms. The average molecular weight is 346 g/mol. The molecule has 2 aromatic carbocycles. The van der Waals surface area contributed by atoms with Crippen LogP contribution in [0.1, 0.15) is 15.9 Å². The number of phenols is 1. The highest BCUT2D eigenvalue weighted by Crippen LogP contribution is 2.23. The number of ether oxygens (including phenoxy) is 1. The van der Waals surface area contributed by atoms with Gasteiger partial charge >= 0.3 is 0 Å². The van der Waals surface area contributed by atoms with Crippen LogP contribution in [-0.4, -0.2) is 39.2 Å². The second kappa shape index (κ2) is 6.78. The van der Waals surface area contributed by atoms with Crippen LogP contribution in [-0.2, 0) is 0 Å². The van der Waals surface area contributed by atoms with Crippen molar-refractivity contribution in [2.75, 3.05) is 13.2 Å². The lowest BCUT2D eigenvalue weighted by Gasteiger charge is -2.07. The van der Waals surface area contributed by atoms with E-state index in [0.717, 1.165) is 6.07 Å². The Morgan fingerprint density at radius 2 is 1.96 bits per heavy atom. The summed E-state index contributed by atoms with van der Waals surface area (Å²) in [5.41, 5.74) is 0.236. The molecule has 3 rings (SSSR count). The van der Waals surface area contributed by atoms with E-state index in [0.29, 0.717) is 17.1 Å². The summed E-state index contributed by atoms with van der Waals surface area (Å²) >= 11 is 0. The van der Waals surface area contributed by atoms with Crippen LogP contribution >= 0.6 is 0 Å². The number of fused-ring (bicyclic) bond motifs is 1. The van der Waals surface area contributed by atoms with Crippen molar-refractivity contribution in [1.29, 1.82) is 0 Å². The summed E-state index contributed by atoms with van der Waals surface area (Å²) in [5.74, 6) is -3.86. The molecule has 0 fully saturated rings. The zero-order chi connectivity index (χ0) is 18.0. The fourth-order valence-corrected chi connectivity index (χ4v) is 2.25. The van der Waals surface area contributed by atoms with Crippen LogP contribution < -0.4 is 4.74 Å². The standard InChI is InChI=1S/C17H12F2N2O4/c18-12-7-10(23)6-11(16(12)19)17(24)9-1-2-13-14(5-9)21-15(8-20-13)25-4-3-22/h1-2,5-8,22-23H,3-4H2. The number of halogens is 2. The fraction of sp³-hybridized carbons (Fsp3) is 0.118. The maximum Gasteiger partial charge on any atom is 0.232 e. The van der Waals surface area contributed by atoms with Crippen molar-refractivity contribution in [2.45, 2.75) is 0 Å². The lowest BCUT2D eigenvalue weighted by Crippen LogP contribution is -2.07. The highest BCUT2D eigenvalue weighted by Gasteiger charge is 2.19. The van der Waals surface area contributed by atoms with Crippen molar-refractivity contribution < 1.29 is 28.5 Å². The minimum Gasteiger partial charge on any atom is -0.508 e. The van der Waals surface area contributed by atoms with Crippen LogP contribution in [0.4, 0.5) is 8.78 Å².